The predicted molar refractivity (Wildman–Crippen MR) is 114 cm³/mol. The number of rotatable bonds is 2. The van der Waals surface area contributed by atoms with Crippen LogP contribution < -0.4 is 4.90 Å². The van der Waals surface area contributed by atoms with Crippen LogP contribution in [0.4, 0.5) is 14.6 Å². The van der Waals surface area contributed by atoms with Crippen LogP contribution in [0.15, 0.2) is 36.4 Å². The molecule has 1 saturated carbocycles. The predicted octanol–water partition coefficient (Wildman–Crippen LogP) is 6.34. The Bertz CT molecular complexity index is 719. The summed E-state index contributed by atoms with van der Waals surface area (Å²) in [7, 11) is 0. The minimum Gasteiger partial charge on any atom is -0.344 e. The first-order valence-electron chi connectivity index (χ1n) is 10.3. The average Bonchev–Trinajstić information content (AvgIpc) is 3.42. The molecule has 2 aromatic rings. The van der Waals surface area contributed by atoms with Gasteiger partial charge in [-0.1, -0.05) is 46.8 Å². The Balaban J connectivity index is 0.000000240. The van der Waals surface area contributed by atoms with Crippen molar-refractivity contribution in [1.82, 2.24) is 9.97 Å². The molecule has 28 heavy (non-hydrogen) atoms. The van der Waals surface area contributed by atoms with E-state index in [-0.39, 0.29) is 13.1 Å². The third-order valence-corrected chi connectivity index (χ3v) is 4.55. The summed E-state index contributed by atoms with van der Waals surface area (Å²) < 4.78 is 25.0. The first kappa shape index (κ1) is 24.0. The molecule has 0 spiro atoms. The van der Waals surface area contributed by atoms with Gasteiger partial charge >= 0.3 is 0 Å². The van der Waals surface area contributed by atoms with E-state index in [2.05, 4.69) is 42.0 Å². The molecule has 0 unspecified atom stereocenters. The van der Waals surface area contributed by atoms with Gasteiger partial charge in [-0.2, -0.15) is 0 Å². The summed E-state index contributed by atoms with van der Waals surface area (Å²) in [6.07, 6.45) is 2.62. The molecule has 2 aromatic heterocycles. The van der Waals surface area contributed by atoms with Gasteiger partial charge in [0.25, 0.3) is 5.92 Å². The van der Waals surface area contributed by atoms with Crippen LogP contribution in [0.25, 0.3) is 0 Å². The standard InChI is InChI=1S/C10H13N.C9H10F2N2.2C2H6/c1-8-4-3-5-9(11-8)10(2)6-7-10;1-7-3-2-4-8(12-7)13-5-9(10,11)6-13;2*1-2/h3-5H,6-7H2,1-2H3;2-4H,5-6H2,1H3;2*1-2H3. The Labute approximate surface area is 169 Å². The molecule has 156 valence electrons. The van der Waals surface area contributed by atoms with Crippen molar-refractivity contribution in [3.63, 3.8) is 0 Å². The number of hydrogen-bond acceptors (Lipinski definition) is 3. The fourth-order valence-corrected chi connectivity index (χ4v) is 2.70. The molecule has 0 bridgehead atoms. The molecule has 0 aromatic carbocycles. The lowest BCUT2D eigenvalue weighted by atomic mass is 10.0. The van der Waals surface area contributed by atoms with Gasteiger partial charge in [-0.05, 0) is 51.0 Å². The summed E-state index contributed by atoms with van der Waals surface area (Å²) in [6, 6.07) is 11.7. The topological polar surface area (TPSA) is 29.0 Å². The average molecular weight is 392 g/mol. The normalized spacial score (nSPS) is 17.4. The van der Waals surface area contributed by atoms with Crippen molar-refractivity contribution >= 4 is 5.82 Å². The third kappa shape index (κ3) is 6.84. The largest absolute Gasteiger partial charge is 0.344 e. The molecule has 4 rings (SSSR count). The first-order chi connectivity index (χ1) is 13.3. The van der Waals surface area contributed by atoms with E-state index in [1.165, 1.54) is 18.5 Å². The fraction of sp³-hybridized carbons (Fsp3) is 0.565. The zero-order valence-electron chi connectivity index (χ0n) is 18.4. The number of halogens is 2. The van der Waals surface area contributed by atoms with E-state index < -0.39 is 5.92 Å². The molecule has 0 atom stereocenters. The van der Waals surface area contributed by atoms with E-state index in [0.717, 1.165) is 11.4 Å². The Morgan fingerprint density at radius 2 is 1.32 bits per heavy atom. The molecule has 3 nitrogen and oxygen atoms in total. The Kier molecular flexibility index (Phi) is 8.99. The maximum atomic E-state index is 12.5. The molecule has 0 amide bonds. The van der Waals surface area contributed by atoms with E-state index >= 15 is 0 Å². The number of pyridine rings is 2. The Morgan fingerprint density at radius 3 is 1.75 bits per heavy atom. The molecule has 0 radical (unpaired) electrons. The first-order valence-corrected chi connectivity index (χ1v) is 10.3. The molecular formula is C23H35F2N3. The summed E-state index contributed by atoms with van der Waals surface area (Å²) in [6.45, 7) is 13.8. The second-order valence-electron chi connectivity index (χ2n) is 7.07. The minimum atomic E-state index is -2.52. The number of anilines is 1. The Hall–Kier alpha value is -2.04. The van der Waals surface area contributed by atoms with Crippen LogP contribution in [0, 0.1) is 13.8 Å². The summed E-state index contributed by atoms with van der Waals surface area (Å²) in [4.78, 5) is 10.2. The highest BCUT2D eigenvalue weighted by Gasteiger charge is 2.44. The van der Waals surface area contributed by atoms with Crippen LogP contribution in [-0.2, 0) is 5.41 Å². The molecule has 1 aliphatic heterocycles. The molecule has 5 heteroatoms. The van der Waals surface area contributed by atoms with Gasteiger partial charge in [0.05, 0.1) is 13.1 Å². The summed E-state index contributed by atoms with van der Waals surface area (Å²) in [5, 5.41) is 0. The second kappa shape index (κ2) is 10.5. The summed E-state index contributed by atoms with van der Waals surface area (Å²) >= 11 is 0. The van der Waals surface area contributed by atoms with Gasteiger partial charge in [0, 0.05) is 22.5 Å². The van der Waals surface area contributed by atoms with Crippen molar-refractivity contribution in [2.45, 2.75) is 72.6 Å². The van der Waals surface area contributed by atoms with Gasteiger partial charge in [-0.25, -0.2) is 13.8 Å². The monoisotopic (exact) mass is 391 g/mol. The van der Waals surface area contributed by atoms with Crippen LogP contribution in [-0.4, -0.2) is 29.0 Å². The highest BCUT2D eigenvalue weighted by atomic mass is 19.3. The lowest BCUT2D eigenvalue weighted by Gasteiger charge is -2.39. The van der Waals surface area contributed by atoms with Crippen molar-refractivity contribution in [3.05, 3.63) is 53.5 Å². The molecule has 2 aliphatic rings. The highest BCUT2D eigenvalue weighted by Crippen LogP contribution is 2.46. The lowest BCUT2D eigenvalue weighted by molar-refractivity contribution is -0.0267. The van der Waals surface area contributed by atoms with E-state index in [1.54, 1.807) is 11.0 Å². The van der Waals surface area contributed by atoms with Crippen molar-refractivity contribution in [3.8, 4) is 0 Å². The Morgan fingerprint density at radius 1 is 0.821 bits per heavy atom. The van der Waals surface area contributed by atoms with E-state index in [1.807, 2.05) is 46.8 Å². The van der Waals surface area contributed by atoms with Crippen LogP contribution in [0.5, 0.6) is 0 Å². The number of nitrogens with zero attached hydrogens (tertiary/aromatic N) is 3. The number of hydrogen-bond donors (Lipinski definition) is 0. The van der Waals surface area contributed by atoms with E-state index in [9.17, 15) is 8.78 Å². The van der Waals surface area contributed by atoms with Crippen LogP contribution in [0.3, 0.4) is 0 Å². The third-order valence-electron chi connectivity index (χ3n) is 4.55. The molecule has 0 N–H and O–H groups in total. The molecular weight excluding hydrogens is 356 g/mol. The zero-order chi connectivity index (χ0) is 21.4. The van der Waals surface area contributed by atoms with Gasteiger partial charge in [0.15, 0.2) is 0 Å². The lowest BCUT2D eigenvalue weighted by Crippen LogP contribution is -2.56. The number of aryl methyl sites for hydroxylation is 2. The van der Waals surface area contributed by atoms with Gasteiger partial charge in [-0.15, -0.1) is 0 Å². The van der Waals surface area contributed by atoms with Crippen molar-refractivity contribution < 1.29 is 8.78 Å². The van der Waals surface area contributed by atoms with Crippen molar-refractivity contribution in [2.75, 3.05) is 18.0 Å². The van der Waals surface area contributed by atoms with Crippen molar-refractivity contribution in [1.29, 1.82) is 0 Å². The quantitative estimate of drug-likeness (QED) is 0.598. The van der Waals surface area contributed by atoms with Crippen LogP contribution >= 0.6 is 0 Å². The van der Waals surface area contributed by atoms with Gasteiger partial charge in [0.1, 0.15) is 5.82 Å². The molecule has 1 saturated heterocycles. The minimum absolute atomic E-state index is 0.205. The number of alkyl halides is 2. The molecule has 1 aliphatic carbocycles. The summed E-state index contributed by atoms with van der Waals surface area (Å²) in [5.74, 6) is -1.88. The molecule has 2 fully saturated rings. The maximum Gasteiger partial charge on any atom is 0.282 e. The summed E-state index contributed by atoms with van der Waals surface area (Å²) in [5.41, 5.74) is 3.69. The second-order valence-corrected chi connectivity index (χ2v) is 7.07. The van der Waals surface area contributed by atoms with E-state index in [0.29, 0.717) is 11.2 Å². The van der Waals surface area contributed by atoms with E-state index in [4.69, 9.17) is 0 Å². The van der Waals surface area contributed by atoms with Gasteiger partial charge < -0.3 is 4.90 Å². The maximum absolute atomic E-state index is 12.5. The van der Waals surface area contributed by atoms with Crippen molar-refractivity contribution in [2.24, 2.45) is 0 Å². The SMILES string of the molecule is CC.CC.Cc1cccc(C2(C)CC2)n1.Cc1cccc(N2CC(F)(F)C2)n1. The van der Waals surface area contributed by atoms with Gasteiger partial charge in [0.2, 0.25) is 0 Å². The smallest absolute Gasteiger partial charge is 0.282 e. The van der Waals surface area contributed by atoms with Crippen LogP contribution in [0.1, 0.15) is 64.5 Å². The van der Waals surface area contributed by atoms with Gasteiger partial charge in [-0.3, -0.25) is 4.98 Å². The fourth-order valence-electron chi connectivity index (χ4n) is 2.70. The highest BCUT2D eigenvalue weighted by molar-refractivity contribution is 5.43. The molecule has 3 heterocycles. The zero-order valence-corrected chi connectivity index (χ0v) is 18.4. The number of aromatic nitrogens is 2. The van der Waals surface area contributed by atoms with Crippen LogP contribution in [0.2, 0.25) is 0 Å².